The Hall–Kier alpha value is -3.43. The molecule has 0 saturated carbocycles. The summed E-state index contributed by atoms with van der Waals surface area (Å²) in [4.78, 5) is 28.7. The van der Waals surface area contributed by atoms with Crippen molar-refractivity contribution in [2.24, 2.45) is 0 Å². The van der Waals surface area contributed by atoms with Crippen LogP contribution in [0.5, 0.6) is 0 Å². The van der Waals surface area contributed by atoms with Gasteiger partial charge < -0.3 is 9.64 Å². The zero-order valence-electron chi connectivity index (χ0n) is 42.8. The number of ether oxygens (including phenoxy) is 2. The molecule has 0 fully saturated rings. The van der Waals surface area contributed by atoms with Gasteiger partial charge in [-0.05, 0) is 57.0 Å². The molecule has 70 heavy (non-hydrogen) atoms. The number of benzene rings is 2. The number of unbranched alkanes of at least 4 members (excludes halogenated alkanes) is 3. The topological polar surface area (TPSA) is 179 Å². The van der Waals surface area contributed by atoms with E-state index in [1.807, 2.05) is 56.1 Å². The summed E-state index contributed by atoms with van der Waals surface area (Å²) in [7, 11) is -6.41. The normalized spacial score (nSPS) is 14.6. The van der Waals surface area contributed by atoms with E-state index >= 15 is 0 Å². The molecule has 14 nitrogen and oxygen atoms in total. The van der Waals surface area contributed by atoms with Crippen LogP contribution in [0.2, 0.25) is 18.5 Å². The van der Waals surface area contributed by atoms with Gasteiger partial charge in [-0.2, -0.15) is 17.5 Å². The first-order valence-electron chi connectivity index (χ1n) is 24.1. The predicted octanol–water partition coefficient (Wildman–Crippen LogP) is 12.8. The van der Waals surface area contributed by atoms with Crippen molar-refractivity contribution < 1.29 is 35.9 Å². The minimum Gasteiger partial charge on any atom is -0.224 e. The minimum absolute atomic E-state index is 0.149. The van der Waals surface area contributed by atoms with Crippen molar-refractivity contribution >= 4 is 90.9 Å². The van der Waals surface area contributed by atoms with Crippen LogP contribution >= 0.6 is 35.1 Å². The molecule has 0 unspecified atom stereocenters. The van der Waals surface area contributed by atoms with Crippen molar-refractivity contribution in [3.05, 3.63) is 75.1 Å². The number of amides is 2. The van der Waals surface area contributed by atoms with Crippen LogP contribution in [0.3, 0.4) is 0 Å². The molecule has 0 N–H and O–H groups in total. The van der Waals surface area contributed by atoms with Gasteiger partial charge in [-0.15, -0.1) is 0 Å². The first kappa shape index (κ1) is 59.1. The number of hydrogen-bond donors (Lipinski definition) is 0. The van der Waals surface area contributed by atoms with E-state index in [0.717, 1.165) is 71.1 Å². The van der Waals surface area contributed by atoms with Crippen molar-refractivity contribution in [1.29, 1.82) is 0 Å². The smallest absolute Gasteiger partial charge is 0.175 e. The third kappa shape index (κ3) is 18.3. The van der Waals surface area contributed by atoms with Gasteiger partial charge >= 0.3 is 173 Å². The number of aromatic nitrogens is 4. The van der Waals surface area contributed by atoms with E-state index in [4.69, 9.17) is 21.1 Å². The fourth-order valence-corrected chi connectivity index (χ4v) is 27.7. The number of hydrogen-bond acceptors (Lipinski definition) is 14. The van der Waals surface area contributed by atoms with Crippen LogP contribution in [-0.2, 0) is 29.1 Å². The quantitative estimate of drug-likeness (QED) is 0.103. The zero-order chi connectivity index (χ0) is 51.9. The van der Waals surface area contributed by atoms with Crippen molar-refractivity contribution in [3.63, 3.8) is 0 Å². The van der Waals surface area contributed by atoms with Gasteiger partial charge in [-0.3, -0.25) is 0 Å². The number of nitrogens with zero attached hydrogens (tertiary/aromatic N) is 6. The minimum atomic E-state index is -3.24. The molecule has 2 amide bonds. The summed E-state index contributed by atoms with van der Waals surface area (Å²) in [5, 5.41) is 0.331. The maximum atomic E-state index is 12.4. The third-order valence-corrected chi connectivity index (χ3v) is 31.9. The van der Waals surface area contributed by atoms with E-state index in [2.05, 4.69) is 44.3 Å². The number of carbonyl (C=O) groups excluding carboxylic acids is 2. The molecule has 2 aromatic heterocycles. The number of carbonyl (C=O) groups is 2. The summed E-state index contributed by atoms with van der Waals surface area (Å²) in [6, 6.07) is 13.0. The van der Waals surface area contributed by atoms with Crippen molar-refractivity contribution in [2.45, 2.75) is 148 Å². The molecule has 20 heteroatoms. The second-order valence-corrected chi connectivity index (χ2v) is 38.7. The average molecular weight is 1170 g/mol. The van der Waals surface area contributed by atoms with Crippen LogP contribution in [0.15, 0.2) is 74.1 Å². The maximum Gasteiger partial charge on any atom is 0.175 e. The monoisotopic (exact) mass is 1170 g/mol. The fourth-order valence-electron chi connectivity index (χ4n) is 8.08. The van der Waals surface area contributed by atoms with Gasteiger partial charge in [0.05, 0.1) is 33.2 Å². The fraction of sp³-hybridized carbons (Fsp3) is 0.560. The molecule has 0 aliphatic carbocycles. The summed E-state index contributed by atoms with van der Waals surface area (Å²) >= 11 is 5.68. The molecule has 0 atom stereocenters. The Balaban J connectivity index is 0.000000237. The molecule has 0 saturated heterocycles. The van der Waals surface area contributed by atoms with Gasteiger partial charge in [-0.1, -0.05) is 41.9 Å². The molecule has 4 aromatic rings. The molecule has 0 bridgehead atoms. The largest absolute Gasteiger partial charge is 0.224 e. The van der Waals surface area contributed by atoms with Crippen molar-refractivity contribution in [2.75, 3.05) is 38.7 Å². The van der Waals surface area contributed by atoms with E-state index in [9.17, 15) is 26.4 Å². The van der Waals surface area contributed by atoms with Crippen LogP contribution in [0.4, 0.5) is 9.59 Å². The summed E-state index contributed by atoms with van der Waals surface area (Å²) in [5.41, 5.74) is 3.74. The molecular formula is C50H73ClN6O8S4Sn. The predicted molar refractivity (Wildman–Crippen MR) is 288 cm³/mol. The Morgan fingerprint density at radius 3 is 1.37 bits per heavy atom. The average Bonchev–Trinajstić information content (AvgIpc) is 3.97. The molecule has 2 aliphatic heterocycles. The van der Waals surface area contributed by atoms with Gasteiger partial charge in [0.2, 0.25) is 0 Å². The van der Waals surface area contributed by atoms with Crippen LogP contribution in [0.1, 0.15) is 119 Å². The second-order valence-electron chi connectivity index (χ2n) is 19.9. The SMILES string of the molecule is CC(C)(C)OC(=O)N1CC=C(c2nsnc2-c2ccc(S(C)(=O)=O)cc2)CC1.CCC[CH2][Sn]([CH2]CCC)([CH2]CCC)[C]1=CCN(C(=O)OC(C)(C)C)CC1.CS(=O)(=O)c1ccc(-c2nsnc2Cl)cc1. The maximum absolute atomic E-state index is 12.4. The molecule has 0 radical (unpaired) electrons. The number of rotatable bonds is 15. The molecule has 4 heterocycles. The standard InChI is InChI=1S/C19H23N3O4S2.C10H16NO2.C9H7ClN2O2S2.3C4H9.Sn/c1-19(2,3)26-18(23)22-11-9-14(10-12-22)17-16(20-27-21-17)13-5-7-15(8-6-13)28(4,24)25;1-10(2,3)13-9(12)11-7-5-4-6-8-11;1-16(13,14)7-4-2-6(3-5-7)8-9(10)12-15-11-8;3*1-3-4-2;/h5-9H,10-12H2,1-4H3;5H,6-8H2,1-3H3;2-5H,1H3;3*1,3-4H2,2H3;. The van der Waals surface area contributed by atoms with E-state index in [1.165, 1.54) is 76.5 Å². The summed E-state index contributed by atoms with van der Waals surface area (Å²) in [6.45, 7) is 21.0. The van der Waals surface area contributed by atoms with E-state index in [-0.39, 0.29) is 22.0 Å². The van der Waals surface area contributed by atoms with Crippen molar-refractivity contribution in [1.82, 2.24) is 27.3 Å². The summed E-state index contributed by atoms with van der Waals surface area (Å²) in [6.07, 6.45) is 16.2. The van der Waals surface area contributed by atoms with Crippen LogP contribution < -0.4 is 0 Å². The zero-order valence-corrected chi connectivity index (χ0v) is 49.7. The van der Waals surface area contributed by atoms with E-state index < -0.39 is 49.3 Å². The Morgan fingerprint density at radius 2 is 1.01 bits per heavy atom. The molecule has 2 aliphatic rings. The Labute approximate surface area is 435 Å². The summed E-state index contributed by atoms with van der Waals surface area (Å²) < 4.78 is 79.8. The van der Waals surface area contributed by atoms with Crippen LogP contribution in [0, 0.1) is 0 Å². The van der Waals surface area contributed by atoms with E-state index in [0.29, 0.717) is 30.4 Å². The Bertz CT molecular complexity index is 2600. The van der Waals surface area contributed by atoms with Gasteiger partial charge in [-0.25, -0.2) is 21.6 Å². The molecule has 2 aromatic carbocycles. The van der Waals surface area contributed by atoms with Gasteiger partial charge in [0.15, 0.2) is 24.8 Å². The van der Waals surface area contributed by atoms with E-state index in [1.54, 1.807) is 41.3 Å². The molecule has 6 rings (SSSR count). The molecule has 386 valence electrons. The third-order valence-electron chi connectivity index (χ3n) is 11.8. The first-order chi connectivity index (χ1) is 32.8. The van der Waals surface area contributed by atoms with Gasteiger partial charge in [0.1, 0.15) is 22.7 Å². The van der Waals surface area contributed by atoms with Crippen LogP contribution in [0.25, 0.3) is 28.1 Å². The van der Waals surface area contributed by atoms with Crippen LogP contribution in [-0.4, -0.2) is 125 Å². The molecular weight excluding hydrogens is 1100 g/mol. The Morgan fingerprint density at radius 1 is 0.614 bits per heavy atom. The summed E-state index contributed by atoms with van der Waals surface area (Å²) in [5.74, 6) is 0. The second kappa shape index (κ2) is 26.5. The Kier molecular flexibility index (Phi) is 22.4. The number of halogens is 1. The molecule has 0 spiro atoms. The van der Waals surface area contributed by atoms with Gasteiger partial charge in [0.25, 0.3) is 0 Å². The number of sulfone groups is 2. The van der Waals surface area contributed by atoms with Gasteiger partial charge in [0, 0.05) is 36.7 Å². The van der Waals surface area contributed by atoms with Crippen molar-refractivity contribution in [3.8, 4) is 22.5 Å². The first-order valence-corrected chi connectivity index (χ1v) is 37.2.